The second kappa shape index (κ2) is 28.3. The molecule has 0 amide bonds. The lowest BCUT2D eigenvalue weighted by Gasteiger charge is -2.21. The summed E-state index contributed by atoms with van der Waals surface area (Å²) in [6.45, 7) is 4.69. The van der Waals surface area contributed by atoms with Crippen LogP contribution in [0.3, 0.4) is 0 Å². The number of aromatic nitrogens is 12. The topological polar surface area (TPSA) is 123 Å². The van der Waals surface area contributed by atoms with E-state index in [4.69, 9.17) is 39.9 Å². The Bertz CT molecular complexity index is 7840. The number of thiazole rings is 1. The van der Waals surface area contributed by atoms with Crippen LogP contribution in [0.4, 0.5) is 0 Å². The Labute approximate surface area is 694 Å². The molecule has 0 saturated heterocycles. The van der Waals surface area contributed by atoms with Crippen molar-refractivity contribution in [2.45, 2.75) is 19.3 Å². The predicted octanol–water partition coefficient (Wildman–Crippen LogP) is 26.6. The van der Waals surface area contributed by atoms with Crippen LogP contribution in [0, 0.1) is 0 Å². The van der Waals surface area contributed by atoms with Crippen molar-refractivity contribution in [3.8, 4) is 124 Å². The fraction of sp³-hybridized carbons (Fsp3) is 0.0280. The van der Waals surface area contributed by atoms with Gasteiger partial charge in [0.15, 0.2) is 34.9 Å². The molecule has 16 aromatic carbocycles. The molecule has 0 N–H and O–H groups in total. The number of hydrogen-bond donors (Lipinski definition) is 0. The lowest BCUT2D eigenvalue weighted by atomic mass is 9.82. The Morgan fingerprint density at radius 2 is 0.608 bits per heavy atom. The molecule has 0 spiro atoms. The predicted molar refractivity (Wildman–Crippen MR) is 492 cm³/mol. The van der Waals surface area contributed by atoms with Gasteiger partial charge in [0, 0.05) is 93.6 Å². The van der Waals surface area contributed by atoms with Crippen LogP contribution < -0.4 is 0 Å². The Morgan fingerprint density at radius 1 is 0.225 bits per heavy atom. The maximum Gasteiger partial charge on any atom is 0.166 e. The molecule has 13 heteroatoms. The highest BCUT2D eigenvalue weighted by Gasteiger charge is 2.37. The molecule has 1 aliphatic carbocycles. The van der Waals surface area contributed by atoms with Gasteiger partial charge in [-0.2, -0.15) is 0 Å². The average molecular weight is 1560 g/mol. The van der Waals surface area contributed by atoms with Crippen molar-refractivity contribution in [2.75, 3.05) is 0 Å². The summed E-state index contributed by atoms with van der Waals surface area (Å²) in [4.78, 5) is 41.7. The van der Waals surface area contributed by atoms with Crippen molar-refractivity contribution in [2.24, 2.45) is 0 Å². The molecule has 0 unspecified atom stereocenters. The van der Waals surface area contributed by atoms with Gasteiger partial charge in [-0.05, 0) is 150 Å². The van der Waals surface area contributed by atoms with E-state index in [1.165, 1.54) is 43.8 Å². The van der Waals surface area contributed by atoms with Crippen LogP contribution in [0.2, 0.25) is 0 Å². The Morgan fingerprint density at radius 3 is 1.12 bits per heavy atom. The third kappa shape index (κ3) is 11.6. The van der Waals surface area contributed by atoms with Crippen LogP contribution in [-0.4, -0.2) is 58.1 Å². The fourth-order valence-electron chi connectivity index (χ4n) is 18.0. The molecule has 0 fully saturated rings. The largest absolute Gasteiger partial charge is 0.309 e. The van der Waals surface area contributed by atoms with Gasteiger partial charge < -0.3 is 13.7 Å². The standard InChI is InChI=1S/C58H37N7.C49H33N5S/c1-5-19-38(20-6-1)55-60-56(39-21-7-2-8-22-39)62-57(61-55)47-35-40(58-59-48-29-15-18-32-52(48)64(58)42-25-11-4-12-26-42)33-34-51(47)65-50-31-17-14-28-44(50)46-36-53-45(37-54(46)65)43-27-13-16-30-49(43)63(53)41-23-9-3-10-24-41;1-49(2)38-21-11-9-19-33(38)35-29-43-36(28-39(35)49)34-20-10-13-23-41(34)54(43)42-26-25-32(48-50-40-22-12-14-24-44(40)55-48)27-37(42)47-52-45(30-15-5-3-6-16-30)51-46(53-47)31-17-7-4-8-18-31/h1-37H;3-29H,1-2H3. The molecule has 23 aromatic rings. The Hall–Kier alpha value is -15.7. The maximum absolute atomic E-state index is 5.35. The molecule has 0 atom stereocenters. The van der Waals surface area contributed by atoms with E-state index in [1.54, 1.807) is 11.3 Å². The summed E-state index contributed by atoms with van der Waals surface area (Å²) >= 11 is 1.70. The fourth-order valence-corrected chi connectivity index (χ4v) is 18.9. The van der Waals surface area contributed by atoms with E-state index in [-0.39, 0.29) is 5.41 Å². The van der Waals surface area contributed by atoms with Gasteiger partial charge in [-0.15, -0.1) is 11.3 Å². The molecule has 0 saturated carbocycles. The highest BCUT2D eigenvalue weighted by molar-refractivity contribution is 7.21. The monoisotopic (exact) mass is 1550 g/mol. The number of imidazole rings is 1. The van der Waals surface area contributed by atoms with Crippen molar-refractivity contribution < 1.29 is 0 Å². The van der Waals surface area contributed by atoms with E-state index >= 15 is 0 Å². The van der Waals surface area contributed by atoms with Crippen LogP contribution in [-0.2, 0) is 5.41 Å². The van der Waals surface area contributed by atoms with Gasteiger partial charge in [0.05, 0.1) is 65.7 Å². The van der Waals surface area contributed by atoms with Gasteiger partial charge in [-0.3, -0.25) is 4.57 Å². The summed E-state index contributed by atoms with van der Waals surface area (Å²) in [5, 5.41) is 8.06. The third-order valence-corrected chi connectivity index (χ3v) is 24.7. The number of nitrogens with zero attached hydrogens (tertiary/aromatic N) is 12. The van der Waals surface area contributed by atoms with Crippen LogP contribution in [0.1, 0.15) is 25.0 Å². The van der Waals surface area contributed by atoms with E-state index in [2.05, 4.69) is 329 Å². The summed E-state index contributed by atoms with van der Waals surface area (Å²) in [7, 11) is 0. The van der Waals surface area contributed by atoms with Gasteiger partial charge >= 0.3 is 0 Å². The summed E-state index contributed by atoms with van der Waals surface area (Å²) < 4.78 is 10.6. The lowest BCUT2D eigenvalue weighted by molar-refractivity contribution is 0.661. The van der Waals surface area contributed by atoms with Gasteiger partial charge in [-0.25, -0.2) is 39.9 Å². The second-order valence-corrected chi connectivity index (χ2v) is 32.0. The first-order chi connectivity index (χ1) is 59.3. The molecule has 12 nitrogen and oxygen atoms in total. The maximum atomic E-state index is 5.35. The van der Waals surface area contributed by atoms with Crippen molar-refractivity contribution in [3.05, 3.63) is 399 Å². The molecule has 0 aliphatic heterocycles. The zero-order valence-electron chi connectivity index (χ0n) is 65.2. The van der Waals surface area contributed by atoms with Crippen LogP contribution in [0.15, 0.2) is 388 Å². The number of benzene rings is 16. The summed E-state index contributed by atoms with van der Waals surface area (Å²) in [6, 6.07) is 136. The molecule has 7 aromatic heterocycles. The molecule has 0 radical (unpaired) electrons. The first-order valence-corrected chi connectivity index (χ1v) is 41.2. The molecule has 0 bridgehead atoms. The van der Waals surface area contributed by atoms with Crippen molar-refractivity contribution in [1.29, 1.82) is 0 Å². The van der Waals surface area contributed by atoms with Gasteiger partial charge in [0.2, 0.25) is 0 Å². The first kappa shape index (κ1) is 69.8. The summed E-state index contributed by atoms with van der Waals surface area (Å²) in [6.07, 6.45) is 0. The molecule has 24 rings (SSSR count). The zero-order valence-corrected chi connectivity index (χ0v) is 66.0. The van der Waals surface area contributed by atoms with Crippen molar-refractivity contribution >= 4 is 98.0 Å². The number of para-hydroxylation sites is 8. The molecular formula is C107H70N12S. The molecule has 7 heterocycles. The van der Waals surface area contributed by atoms with E-state index in [0.29, 0.717) is 34.9 Å². The molecular weight excluding hydrogens is 1490 g/mol. The summed E-state index contributed by atoms with van der Waals surface area (Å²) in [5.74, 6) is 4.43. The van der Waals surface area contributed by atoms with Crippen LogP contribution in [0.25, 0.3) is 211 Å². The average Bonchev–Trinajstić information content (AvgIpc) is 1.55. The SMILES string of the molecule is CC1(C)c2ccccc2-c2cc3c(cc21)c1ccccc1n3-c1ccc(-c2nc3ccccc3s2)cc1-c1nc(-c2ccccc2)nc(-c2ccccc2)n1.c1ccc(-c2nc(-c3ccccc3)nc(-c3cc(-c4nc5ccccc5n4-c4ccccc4)ccc3-n3c4ccccc4c4cc5c(cc43)c3ccccc3n5-c3ccccc3)n2)cc1. The summed E-state index contributed by atoms with van der Waals surface area (Å²) in [5.41, 5.74) is 26.3. The van der Waals surface area contributed by atoms with Gasteiger partial charge in [0.1, 0.15) is 10.8 Å². The van der Waals surface area contributed by atoms with Gasteiger partial charge in [-0.1, -0.05) is 275 Å². The first-order valence-electron chi connectivity index (χ1n) is 40.4. The highest BCUT2D eigenvalue weighted by Crippen LogP contribution is 2.52. The molecule has 564 valence electrons. The third-order valence-electron chi connectivity index (χ3n) is 23.6. The van der Waals surface area contributed by atoms with E-state index < -0.39 is 0 Å². The Balaban J connectivity index is 0.000000142. The minimum Gasteiger partial charge on any atom is -0.309 e. The Kier molecular flexibility index (Phi) is 16.5. The van der Waals surface area contributed by atoms with E-state index in [0.717, 1.165) is 143 Å². The number of rotatable bonds is 12. The number of fused-ring (bicyclic) bond motifs is 14. The van der Waals surface area contributed by atoms with Gasteiger partial charge in [0.25, 0.3) is 0 Å². The minimum atomic E-state index is -0.111. The minimum absolute atomic E-state index is 0.111. The van der Waals surface area contributed by atoms with Crippen molar-refractivity contribution in [1.82, 2.24) is 58.1 Å². The smallest absolute Gasteiger partial charge is 0.166 e. The second-order valence-electron chi connectivity index (χ2n) is 31.0. The van der Waals surface area contributed by atoms with E-state index in [9.17, 15) is 0 Å². The highest BCUT2D eigenvalue weighted by atomic mass is 32.1. The quantitative estimate of drug-likeness (QED) is 0.119. The molecule has 1 aliphatic rings. The zero-order chi connectivity index (χ0) is 79.5. The van der Waals surface area contributed by atoms with E-state index in [1.807, 2.05) is 91.0 Å². The normalized spacial score (nSPS) is 12.3. The van der Waals surface area contributed by atoms with Crippen LogP contribution in [0.5, 0.6) is 0 Å². The van der Waals surface area contributed by atoms with Crippen LogP contribution >= 0.6 is 11.3 Å². The number of hydrogen-bond acceptors (Lipinski definition) is 9. The molecule has 120 heavy (non-hydrogen) atoms. The van der Waals surface area contributed by atoms with Crippen molar-refractivity contribution in [3.63, 3.8) is 0 Å². The lowest BCUT2D eigenvalue weighted by Crippen LogP contribution is -2.14.